The number of rotatable bonds is 9. The molecule has 2 aromatic rings. The molecule has 152 valence electrons. The molecule has 0 atom stereocenters. The summed E-state index contributed by atoms with van der Waals surface area (Å²) in [6.45, 7) is 5.02. The third-order valence-electron chi connectivity index (χ3n) is 3.71. The summed E-state index contributed by atoms with van der Waals surface area (Å²) in [6.07, 6.45) is 0.139. The molecule has 0 saturated carbocycles. The molecule has 0 unspecified atom stereocenters. The normalized spacial score (nSPS) is 10.6. The van der Waals surface area contributed by atoms with Crippen LogP contribution in [0.4, 0.5) is 0 Å². The van der Waals surface area contributed by atoms with E-state index in [1.165, 1.54) is 11.3 Å². The van der Waals surface area contributed by atoms with Crippen LogP contribution in [-0.4, -0.2) is 49.0 Å². The fourth-order valence-corrected chi connectivity index (χ4v) is 3.31. The second kappa shape index (κ2) is 10.6. The molecule has 2 amide bonds. The Hall–Kier alpha value is -2.65. The van der Waals surface area contributed by atoms with Gasteiger partial charge in [0.2, 0.25) is 5.91 Å². The zero-order valence-electron chi connectivity index (χ0n) is 16.6. The van der Waals surface area contributed by atoms with Gasteiger partial charge in [0, 0.05) is 17.6 Å². The zero-order valence-corrected chi connectivity index (χ0v) is 17.4. The van der Waals surface area contributed by atoms with Crippen LogP contribution in [0, 0.1) is 6.92 Å². The highest BCUT2D eigenvalue weighted by molar-refractivity contribution is 7.09. The van der Waals surface area contributed by atoms with E-state index in [9.17, 15) is 9.59 Å². The van der Waals surface area contributed by atoms with Gasteiger partial charge in [0.15, 0.2) is 11.5 Å². The number of amides is 2. The number of carbonyl (C=O) groups excluding carboxylic acids is 2. The van der Waals surface area contributed by atoms with Crippen molar-refractivity contribution < 1.29 is 19.1 Å². The molecule has 9 heteroatoms. The SMILES string of the molecule is CCOc1ccc(CN(C)CC(=O)NNC(=O)Cc2nc(C)cs2)cc1OC. The quantitative estimate of drug-likeness (QED) is 0.616. The lowest BCUT2D eigenvalue weighted by molar-refractivity contribution is -0.129. The number of benzene rings is 1. The third-order valence-corrected chi connectivity index (χ3v) is 4.68. The van der Waals surface area contributed by atoms with E-state index in [1.54, 1.807) is 7.11 Å². The molecule has 1 heterocycles. The molecule has 0 aliphatic rings. The van der Waals surface area contributed by atoms with Crippen molar-refractivity contribution in [3.05, 3.63) is 39.8 Å². The number of hydrazine groups is 1. The Kier molecular flexibility index (Phi) is 8.21. The van der Waals surface area contributed by atoms with Gasteiger partial charge in [-0.3, -0.25) is 25.3 Å². The Bertz CT molecular complexity index is 809. The summed E-state index contributed by atoms with van der Waals surface area (Å²) in [4.78, 5) is 30.0. The van der Waals surface area contributed by atoms with Crippen molar-refractivity contribution >= 4 is 23.2 Å². The Morgan fingerprint density at radius 2 is 1.96 bits per heavy atom. The molecular weight excluding hydrogens is 380 g/mol. The number of hydrogen-bond acceptors (Lipinski definition) is 7. The largest absolute Gasteiger partial charge is 0.493 e. The van der Waals surface area contributed by atoms with E-state index in [0.29, 0.717) is 29.7 Å². The molecule has 2 rings (SSSR count). The van der Waals surface area contributed by atoms with E-state index >= 15 is 0 Å². The third kappa shape index (κ3) is 6.82. The van der Waals surface area contributed by atoms with Gasteiger partial charge in [-0.25, -0.2) is 4.98 Å². The lowest BCUT2D eigenvalue weighted by atomic mass is 10.2. The molecule has 0 bridgehead atoms. The number of thiazole rings is 1. The average molecular weight is 407 g/mol. The van der Waals surface area contributed by atoms with Gasteiger partial charge in [0.1, 0.15) is 5.01 Å². The van der Waals surface area contributed by atoms with Crippen molar-refractivity contribution in [1.82, 2.24) is 20.7 Å². The first-order valence-corrected chi connectivity index (χ1v) is 9.76. The maximum Gasteiger partial charge on any atom is 0.252 e. The van der Waals surface area contributed by atoms with Crippen LogP contribution in [0.1, 0.15) is 23.2 Å². The van der Waals surface area contributed by atoms with Gasteiger partial charge in [-0.05, 0) is 38.6 Å². The van der Waals surface area contributed by atoms with Gasteiger partial charge in [-0.15, -0.1) is 11.3 Å². The van der Waals surface area contributed by atoms with Crippen LogP contribution in [0.3, 0.4) is 0 Å². The van der Waals surface area contributed by atoms with Crippen LogP contribution in [0.15, 0.2) is 23.6 Å². The number of methoxy groups -OCH3 is 1. The van der Waals surface area contributed by atoms with Crippen LogP contribution in [0.25, 0.3) is 0 Å². The van der Waals surface area contributed by atoms with Crippen molar-refractivity contribution in [2.45, 2.75) is 26.8 Å². The van der Waals surface area contributed by atoms with Crippen LogP contribution in [-0.2, 0) is 22.6 Å². The standard InChI is InChI=1S/C19H26N4O4S/c1-5-27-15-7-6-14(8-16(15)26-4)10-23(3)11-18(25)22-21-17(24)9-19-20-13(2)12-28-19/h6-8,12H,5,9-11H2,1-4H3,(H,21,24)(H,22,25). The number of aryl methyl sites for hydroxylation is 1. The lowest BCUT2D eigenvalue weighted by Crippen LogP contribution is -2.46. The number of hydrogen-bond donors (Lipinski definition) is 2. The van der Waals surface area contributed by atoms with Crippen LogP contribution in [0.5, 0.6) is 11.5 Å². The number of aromatic nitrogens is 1. The lowest BCUT2D eigenvalue weighted by Gasteiger charge is -2.18. The Labute approximate surface area is 168 Å². The summed E-state index contributed by atoms with van der Waals surface area (Å²) in [5.41, 5.74) is 6.70. The van der Waals surface area contributed by atoms with Crippen LogP contribution >= 0.6 is 11.3 Å². The second-order valence-electron chi connectivity index (χ2n) is 6.25. The van der Waals surface area contributed by atoms with Gasteiger partial charge < -0.3 is 9.47 Å². The number of likely N-dealkylation sites (N-methyl/N-ethyl adjacent to an activating group) is 1. The molecule has 0 saturated heterocycles. The number of nitrogens with zero attached hydrogens (tertiary/aromatic N) is 2. The minimum Gasteiger partial charge on any atom is -0.493 e. The second-order valence-corrected chi connectivity index (χ2v) is 7.19. The summed E-state index contributed by atoms with van der Waals surface area (Å²) in [5.74, 6) is 0.736. The molecule has 0 fully saturated rings. The van der Waals surface area contributed by atoms with E-state index in [0.717, 1.165) is 11.3 Å². The van der Waals surface area contributed by atoms with Crippen LogP contribution < -0.4 is 20.3 Å². The maximum atomic E-state index is 12.0. The molecule has 0 aliphatic carbocycles. The van der Waals surface area contributed by atoms with Crippen molar-refractivity contribution in [3.8, 4) is 11.5 Å². The van der Waals surface area contributed by atoms with E-state index in [4.69, 9.17) is 9.47 Å². The van der Waals surface area contributed by atoms with Gasteiger partial charge >= 0.3 is 0 Å². The number of ether oxygens (including phenoxy) is 2. The topological polar surface area (TPSA) is 92.8 Å². The van der Waals surface area contributed by atoms with Gasteiger partial charge in [0.25, 0.3) is 5.91 Å². The first kappa shape index (κ1) is 21.6. The van der Waals surface area contributed by atoms with Crippen LogP contribution in [0.2, 0.25) is 0 Å². The van der Waals surface area contributed by atoms with Crippen molar-refractivity contribution in [1.29, 1.82) is 0 Å². The fraction of sp³-hybridized carbons (Fsp3) is 0.421. The Balaban J connectivity index is 1.78. The molecule has 8 nitrogen and oxygen atoms in total. The average Bonchev–Trinajstić information content (AvgIpc) is 3.06. The summed E-state index contributed by atoms with van der Waals surface area (Å²) in [6, 6.07) is 5.67. The predicted molar refractivity (Wildman–Crippen MR) is 107 cm³/mol. The molecule has 2 N–H and O–H groups in total. The number of nitrogens with one attached hydrogen (secondary N) is 2. The van der Waals surface area contributed by atoms with E-state index in [-0.39, 0.29) is 24.8 Å². The molecule has 0 spiro atoms. The van der Waals surface area contributed by atoms with E-state index < -0.39 is 0 Å². The minimum absolute atomic E-state index is 0.131. The fourth-order valence-electron chi connectivity index (χ4n) is 2.54. The molecule has 1 aromatic carbocycles. The molecule has 0 aliphatic heterocycles. The summed E-state index contributed by atoms with van der Waals surface area (Å²) in [7, 11) is 3.41. The summed E-state index contributed by atoms with van der Waals surface area (Å²) in [5, 5.41) is 2.59. The predicted octanol–water partition coefficient (Wildman–Crippen LogP) is 1.68. The van der Waals surface area contributed by atoms with Gasteiger partial charge in [-0.2, -0.15) is 0 Å². The minimum atomic E-state index is -0.304. The van der Waals surface area contributed by atoms with E-state index in [2.05, 4.69) is 15.8 Å². The Morgan fingerprint density at radius 1 is 1.21 bits per heavy atom. The molecular formula is C19H26N4O4S. The van der Waals surface area contributed by atoms with Gasteiger partial charge in [-0.1, -0.05) is 6.07 Å². The van der Waals surface area contributed by atoms with Gasteiger partial charge in [0.05, 0.1) is 26.7 Å². The monoisotopic (exact) mass is 406 g/mol. The van der Waals surface area contributed by atoms with Crippen molar-refractivity contribution in [2.75, 3.05) is 27.3 Å². The smallest absolute Gasteiger partial charge is 0.252 e. The highest BCUT2D eigenvalue weighted by Gasteiger charge is 2.12. The van der Waals surface area contributed by atoms with Crippen molar-refractivity contribution in [3.63, 3.8) is 0 Å². The first-order chi connectivity index (χ1) is 13.4. The summed E-state index contributed by atoms with van der Waals surface area (Å²) >= 11 is 1.42. The zero-order chi connectivity index (χ0) is 20.5. The maximum absolute atomic E-state index is 12.0. The highest BCUT2D eigenvalue weighted by atomic mass is 32.1. The first-order valence-electron chi connectivity index (χ1n) is 8.88. The van der Waals surface area contributed by atoms with Crippen molar-refractivity contribution in [2.24, 2.45) is 0 Å². The number of carbonyl (C=O) groups is 2. The molecule has 0 radical (unpaired) electrons. The Morgan fingerprint density at radius 3 is 2.61 bits per heavy atom. The highest BCUT2D eigenvalue weighted by Crippen LogP contribution is 2.28. The molecule has 1 aromatic heterocycles. The molecule has 28 heavy (non-hydrogen) atoms. The van der Waals surface area contributed by atoms with E-state index in [1.807, 2.05) is 49.4 Å². The summed E-state index contributed by atoms with van der Waals surface area (Å²) < 4.78 is 10.8.